The van der Waals surface area contributed by atoms with E-state index in [1.165, 1.54) is 0 Å². The molecule has 4 rings (SSSR count). The number of thioether (sulfide) groups is 1. The predicted octanol–water partition coefficient (Wildman–Crippen LogP) is 4.34. The third-order valence-corrected chi connectivity index (χ3v) is 5.67. The molecule has 1 saturated heterocycles. The van der Waals surface area contributed by atoms with E-state index in [0.29, 0.717) is 24.7 Å². The van der Waals surface area contributed by atoms with Gasteiger partial charge in [-0.15, -0.1) is 11.8 Å². The fraction of sp³-hybridized carbons (Fsp3) is 0.261. The summed E-state index contributed by atoms with van der Waals surface area (Å²) in [4.78, 5) is 24.9. The second-order valence-electron chi connectivity index (χ2n) is 7.18. The normalized spacial score (nSPS) is 13.7. The highest BCUT2D eigenvalue weighted by Crippen LogP contribution is 2.21. The summed E-state index contributed by atoms with van der Waals surface area (Å²) in [5.41, 5.74) is 3.10. The van der Waals surface area contributed by atoms with Gasteiger partial charge in [-0.2, -0.15) is 4.98 Å². The van der Waals surface area contributed by atoms with E-state index >= 15 is 0 Å². The molecule has 160 valence electrons. The standard InChI is InChI=1S/C23H25N5O2S/c1-16-15-21(28-11-13-30-14-12-28)27-23(24-16)26-19-7-5-18(6-8-19)25-22(29)17-3-9-20(31-2)10-4-17/h3-10,15H,11-14H2,1-2H3,(H,25,29)(H,24,26,27). The summed E-state index contributed by atoms with van der Waals surface area (Å²) in [7, 11) is 0. The highest BCUT2D eigenvalue weighted by atomic mass is 32.2. The lowest BCUT2D eigenvalue weighted by Crippen LogP contribution is -2.36. The molecule has 0 unspecified atom stereocenters. The molecule has 2 heterocycles. The number of ether oxygens (including phenoxy) is 1. The lowest BCUT2D eigenvalue weighted by Gasteiger charge is -2.28. The molecular weight excluding hydrogens is 410 g/mol. The van der Waals surface area contributed by atoms with Crippen molar-refractivity contribution in [3.63, 3.8) is 0 Å². The van der Waals surface area contributed by atoms with Crippen LogP contribution >= 0.6 is 11.8 Å². The molecule has 8 heteroatoms. The van der Waals surface area contributed by atoms with E-state index in [0.717, 1.165) is 40.9 Å². The summed E-state index contributed by atoms with van der Waals surface area (Å²) in [6, 6.07) is 17.0. The quantitative estimate of drug-likeness (QED) is 0.558. The molecule has 0 radical (unpaired) electrons. The molecule has 3 aromatic rings. The number of carbonyl (C=O) groups excluding carboxylic acids is 1. The van der Waals surface area contributed by atoms with Crippen LogP contribution in [0.25, 0.3) is 0 Å². The van der Waals surface area contributed by atoms with Gasteiger partial charge in [-0.25, -0.2) is 4.98 Å². The minimum Gasteiger partial charge on any atom is -0.378 e. The first kappa shape index (κ1) is 21.1. The van der Waals surface area contributed by atoms with Crippen molar-refractivity contribution in [1.82, 2.24) is 9.97 Å². The third-order valence-electron chi connectivity index (χ3n) is 4.93. The van der Waals surface area contributed by atoms with Crippen molar-refractivity contribution < 1.29 is 9.53 Å². The first-order valence-electron chi connectivity index (χ1n) is 10.1. The van der Waals surface area contributed by atoms with Crippen LogP contribution in [0.4, 0.5) is 23.1 Å². The first-order valence-corrected chi connectivity index (χ1v) is 11.3. The summed E-state index contributed by atoms with van der Waals surface area (Å²) in [5.74, 6) is 1.31. The maximum atomic E-state index is 12.4. The zero-order valence-electron chi connectivity index (χ0n) is 17.6. The molecule has 0 spiro atoms. The Hall–Kier alpha value is -3.10. The number of hydrogen-bond acceptors (Lipinski definition) is 7. The van der Waals surface area contributed by atoms with Gasteiger partial charge in [0.2, 0.25) is 5.95 Å². The second kappa shape index (κ2) is 9.80. The van der Waals surface area contributed by atoms with Crippen LogP contribution in [0.5, 0.6) is 0 Å². The lowest BCUT2D eigenvalue weighted by molar-refractivity contribution is 0.102. The molecule has 1 aliphatic heterocycles. The van der Waals surface area contributed by atoms with E-state index in [1.54, 1.807) is 11.8 Å². The van der Waals surface area contributed by atoms with Crippen LogP contribution in [0.1, 0.15) is 16.1 Å². The molecule has 2 N–H and O–H groups in total. The molecule has 1 aromatic heterocycles. The van der Waals surface area contributed by atoms with E-state index < -0.39 is 0 Å². The molecule has 1 fully saturated rings. The highest BCUT2D eigenvalue weighted by molar-refractivity contribution is 7.98. The van der Waals surface area contributed by atoms with Gasteiger partial charge in [-0.3, -0.25) is 4.79 Å². The number of amides is 1. The first-order chi connectivity index (χ1) is 15.1. The number of nitrogens with one attached hydrogen (secondary N) is 2. The number of benzene rings is 2. The molecule has 7 nitrogen and oxygen atoms in total. The molecule has 31 heavy (non-hydrogen) atoms. The molecular formula is C23H25N5O2S. The molecule has 1 aliphatic rings. The average Bonchev–Trinajstić information content (AvgIpc) is 2.80. The number of carbonyl (C=O) groups is 1. The monoisotopic (exact) mass is 435 g/mol. The topological polar surface area (TPSA) is 79.4 Å². The van der Waals surface area contributed by atoms with Gasteiger partial charge >= 0.3 is 0 Å². The smallest absolute Gasteiger partial charge is 0.255 e. The average molecular weight is 436 g/mol. The van der Waals surface area contributed by atoms with Crippen molar-refractivity contribution in [3.8, 4) is 0 Å². The van der Waals surface area contributed by atoms with Crippen LogP contribution < -0.4 is 15.5 Å². The van der Waals surface area contributed by atoms with Crippen LogP contribution in [-0.2, 0) is 4.74 Å². The van der Waals surface area contributed by atoms with Gasteiger partial charge in [0, 0.05) is 46.7 Å². The fourth-order valence-electron chi connectivity index (χ4n) is 3.27. The van der Waals surface area contributed by atoms with Crippen molar-refractivity contribution in [1.29, 1.82) is 0 Å². The van der Waals surface area contributed by atoms with Crippen molar-refractivity contribution in [2.75, 3.05) is 48.1 Å². The lowest BCUT2D eigenvalue weighted by atomic mass is 10.2. The van der Waals surface area contributed by atoms with Gasteiger partial charge in [0.05, 0.1) is 13.2 Å². The number of hydrogen-bond donors (Lipinski definition) is 2. The number of aromatic nitrogens is 2. The van der Waals surface area contributed by atoms with Crippen molar-refractivity contribution in [2.45, 2.75) is 11.8 Å². The van der Waals surface area contributed by atoms with Gasteiger partial charge in [0.1, 0.15) is 5.82 Å². The Balaban J connectivity index is 1.41. The molecule has 0 atom stereocenters. The molecule has 0 saturated carbocycles. The van der Waals surface area contributed by atoms with E-state index in [4.69, 9.17) is 4.74 Å². The van der Waals surface area contributed by atoms with Gasteiger partial charge in [0.25, 0.3) is 5.91 Å². The minimum absolute atomic E-state index is 0.134. The van der Waals surface area contributed by atoms with Crippen LogP contribution in [-0.4, -0.2) is 48.4 Å². The second-order valence-corrected chi connectivity index (χ2v) is 8.06. The zero-order valence-corrected chi connectivity index (χ0v) is 18.4. The van der Waals surface area contributed by atoms with Crippen molar-refractivity contribution >= 4 is 40.8 Å². The van der Waals surface area contributed by atoms with E-state index in [9.17, 15) is 4.79 Å². The summed E-state index contributed by atoms with van der Waals surface area (Å²) in [6.07, 6.45) is 2.01. The van der Waals surface area contributed by atoms with Gasteiger partial charge in [0.15, 0.2) is 0 Å². The van der Waals surface area contributed by atoms with Crippen LogP contribution in [0.3, 0.4) is 0 Å². The summed E-state index contributed by atoms with van der Waals surface area (Å²) in [6.45, 7) is 5.02. The Morgan fingerprint density at radius 2 is 1.68 bits per heavy atom. The maximum Gasteiger partial charge on any atom is 0.255 e. The Kier molecular flexibility index (Phi) is 6.69. The van der Waals surface area contributed by atoms with Crippen molar-refractivity contribution in [2.24, 2.45) is 0 Å². The Bertz CT molecular complexity index is 1030. The molecule has 0 bridgehead atoms. The highest BCUT2D eigenvalue weighted by Gasteiger charge is 2.14. The summed E-state index contributed by atoms with van der Waals surface area (Å²) >= 11 is 1.65. The molecule has 1 amide bonds. The number of rotatable bonds is 6. The summed E-state index contributed by atoms with van der Waals surface area (Å²) < 4.78 is 5.42. The number of aryl methyl sites for hydroxylation is 1. The van der Waals surface area contributed by atoms with Crippen LogP contribution in [0.2, 0.25) is 0 Å². The van der Waals surface area contributed by atoms with Crippen LogP contribution in [0.15, 0.2) is 59.5 Å². The Morgan fingerprint density at radius 3 is 2.35 bits per heavy atom. The summed E-state index contributed by atoms with van der Waals surface area (Å²) in [5, 5.41) is 6.18. The van der Waals surface area contributed by atoms with Gasteiger partial charge in [-0.1, -0.05) is 0 Å². The maximum absolute atomic E-state index is 12.4. The number of morpholine rings is 1. The van der Waals surface area contributed by atoms with E-state index in [-0.39, 0.29) is 5.91 Å². The largest absolute Gasteiger partial charge is 0.378 e. The number of anilines is 4. The fourth-order valence-corrected chi connectivity index (χ4v) is 3.68. The van der Waals surface area contributed by atoms with Crippen molar-refractivity contribution in [3.05, 3.63) is 65.9 Å². The van der Waals surface area contributed by atoms with Gasteiger partial charge < -0.3 is 20.3 Å². The minimum atomic E-state index is -0.134. The predicted molar refractivity (Wildman–Crippen MR) is 126 cm³/mol. The van der Waals surface area contributed by atoms with E-state index in [2.05, 4.69) is 25.5 Å². The Morgan fingerprint density at radius 1 is 1.00 bits per heavy atom. The third kappa shape index (κ3) is 5.53. The molecule has 0 aliphatic carbocycles. The van der Waals surface area contributed by atoms with Crippen LogP contribution in [0, 0.1) is 6.92 Å². The molecule has 2 aromatic carbocycles. The Labute approximate surface area is 186 Å². The zero-order chi connectivity index (χ0) is 21.6. The van der Waals surface area contributed by atoms with E-state index in [1.807, 2.05) is 67.8 Å². The van der Waals surface area contributed by atoms with Gasteiger partial charge in [-0.05, 0) is 61.7 Å². The SMILES string of the molecule is CSc1ccc(C(=O)Nc2ccc(Nc3nc(C)cc(N4CCOCC4)n3)cc2)cc1. The number of nitrogens with zero attached hydrogens (tertiary/aromatic N) is 3.